The number of rotatable bonds is 3. The van der Waals surface area contributed by atoms with Crippen LogP contribution in [0.3, 0.4) is 0 Å². The summed E-state index contributed by atoms with van der Waals surface area (Å²) in [5, 5.41) is 18.7. The zero-order chi connectivity index (χ0) is 15.6. The Kier molecular flexibility index (Phi) is 4.72. The molecule has 1 saturated carbocycles. The van der Waals surface area contributed by atoms with Crippen molar-refractivity contribution >= 4 is 6.09 Å². The predicted molar refractivity (Wildman–Crippen MR) is 68.1 cm³/mol. The molecule has 1 aliphatic carbocycles. The second-order valence-corrected chi connectivity index (χ2v) is 5.23. The molecular formula is C14H16F3NO3. The van der Waals surface area contributed by atoms with Crippen molar-refractivity contribution in [1.82, 2.24) is 4.90 Å². The van der Waals surface area contributed by atoms with E-state index >= 15 is 0 Å². The first-order valence-electron chi connectivity index (χ1n) is 6.69. The predicted octanol–water partition coefficient (Wildman–Crippen LogP) is 2.89. The van der Waals surface area contributed by atoms with Gasteiger partial charge in [-0.2, -0.15) is 0 Å². The number of hydrogen-bond acceptors (Lipinski definition) is 2. The molecular weight excluding hydrogens is 287 g/mol. The Morgan fingerprint density at radius 1 is 1.10 bits per heavy atom. The van der Waals surface area contributed by atoms with Gasteiger partial charge in [0.2, 0.25) is 0 Å². The summed E-state index contributed by atoms with van der Waals surface area (Å²) in [5.74, 6) is -3.49. The molecule has 1 aromatic carbocycles. The van der Waals surface area contributed by atoms with E-state index in [0.717, 1.165) is 4.90 Å². The Morgan fingerprint density at radius 2 is 1.67 bits per heavy atom. The van der Waals surface area contributed by atoms with Crippen molar-refractivity contribution < 1.29 is 28.2 Å². The van der Waals surface area contributed by atoms with Crippen molar-refractivity contribution in [1.29, 1.82) is 0 Å². The lowest BCUT2D eigenvalue weighted by Gasteiger charge is -2.34. The zero-order valence-corrected chi connectivity index (χ0v) is 11.2. The van der Waals surface area contributed by atoms with Gasteiger partial charge in [0.1, 0.15) is 5.82 Å². The highest BCUT2D eigenvalue weighted by atomic mass is 19.2. The first-order valence-corrected chi connectivity index (χ1v) is 6.69. The molecule has 0 unspecified atom stereocenters. The summed E-state index contributed by atoms with van der Waals surface area (Å²) in [6, 6.07) is 0.728. The lowest BCUT2D eigenvalue weighted by molar-refractivity contribution is 0.0654. The van der Waals surface area contributed by atoms with Gasteiger partial charge in [-0.25, -0.2) is 18.0 Å². The van der Waals surface area contributed by atoms with Crippen LogP contribution >= 0.6 is 0 Å². The van der Waals surface area contributed by atoms with Crippen LogP contribution in [0.25, 0.3) is 0 Å². The van der Waals surface area contributed by atoms with Gasteiger partial charge in [0, 0.05) is 17.7 Å². The van der Waals surface area contributed by atoms with Crippen LogP contribution in [-0.2, 0) is 6.54 Å². The van der Waals surface area contributed by atoms with Crippen molar-refractivity contribution in [2.75, 3.05) is 0 Å². The molecule has 1 aromatic rings. The van der Waals surface area contributed by atoms with E-state index in [1.54, 1.807) is 0 Å². The molecule has 0 radical (unpaired) electrons. The molecule has 116 valence electrons. The van der Waals surface area contributed by atoms with Crippen LogP contribution in [0.15, 0.2) is 12.1 Å². The molecule has 21 heavy (non-hydrogen) atoms. The summed E-state index contributed by atoms with van der Waals surface area (Å²) in [5.41, 5.74) is -0.206. The average molecular weight is 303 g/mol. The summed E-state index contributed by atoms with van der Waals surface area (Å²) in [6.07, 6.45) is 0.151. The molecule has 7 heteroatoms. The number of halogens is 3. The van der Waals surface area contributed by atoms with Gasteiger partial charge < -0.3 is 15.1 Å². The minimum Gasteiger partial charge on any atom is -0.465 e. The SMILES string of the molecule is O=C(O)N(Cc1cc(F)c(F)cc1F)C1CCC(O)CC1. The summed E-state index contributed by atoms with van der Waals surface area (Å²) < 4.78 is 39.7. The van der Waals surface area contributed by atoms with E-state index in [1.165, 1.54) is 0 Å². The lowest BCUT2D eigenvalue weighted by atomic mass is 9.92. The zero-order valence-electron chi connectivity index (χ0n) is 11.2. The van der Waals surface area contributed by atoms with Crippen LogP contribution in [0.4, 0.5) is 18.0 Å². The number of amides is 1. The second-order valence-electron chi connectivity index (χ2n) is 5.23. The van der Waals surface area contributed by atoms with E-state index in [-0.39, 0.29) is 18.2 Å². The number of hydrogen-bond donors (Lipinski definition) is 2. The Hall–Kier alpha value is -1.76. The van der Waals surface area contributed by atoms with Gasteiger partial charge in [-0.05, 0) is 31.7 Å². The van der Waals surface area contributed by atoms with Crippen LogP contribution in [0.5, 0.6) is 0 Å². The molecule has 2 N–H and O–H groups in total. The van der Waals surface area contributed by atoms with Crippen LogP contribution in [0.1, 0.15) is 31.2 Å². The average Bonchev–Trinajstić information content (AvgIpc) is 2.42. The maximum Gasteiger partial charge on any atom is 0.407 e. The normalized spacial score (nSPS) is 22.1. The molecule has 0 bridgehead atoms. The van der Waals surface area contributed by atoms with E-state index in [0.29, 0.717) is 37.8 Å². The minimum atomic E-state index is -1.31. The topological polar surface area (TPSA) is 60.8 Å². The first-order chi connectivity index (χ1) is 9.88. The highest BCUT2D eigenvalue weighted by Crippen LogP contribution is 2.25. The van der Waals surface area contributed by atoms with Crippen molar-refractivity contribution in [2.45, 2.75) is 44.4 Å². The van der Waals surface area contributed by atoms with Gasteiger partial charge in [-0.15, -0.1) is 0 Å². The van der Waals surface area contributed by atoms with Crippen LogP contribution in [0.2, 0.25) is 0 Å². The van der Waals surface area contributed by atoms with Crippen molar-refractivity contribution in [2.24, 2.45) is 0 Å². The third-order valence-corrected chi connectivity index (χ3v) is 3.78. The fourth-order valence-corrected chi connectivity index (χ4v) is 2.59. The molecule has 1 fully saturated rings. The summed E-state index contributed by atoms with van der Waals surface area (Å²) in [7, 11) is 0. The third kappa shape index (κ3) is 3.66. The number of aliphatic hydroxyl groups is 1. The Bertz CT molecular complexity index is 530. The highest BCUT2D eigenvalue weighted by Gasteiger charge is 2.29. The lowest BCUT2D eigenvalue weighted by Crippen LogP contribution is -2.42. The van der Waals surface area contributed by atoms with E-state index in [4.69, 9.17) is 0 Å². The van der Waals surface area contributed by atoms with Crippen LogP contribution in [0, 0.1) is 17.5 Å². The standard InChI is InChI=1S/C14H16F3NO3/c15-11-6-13(17)12(16)5-8(11)7-18(14(20)21)9-1-3-10(19)4-2-9/h5-6,9-10,19H,1-4,7H2,(H,20,21). The maximum atomic E-state index is 13.6. The quantitative estimate of drug-likeness (QED) is 0.844. The van der Waals surface area contributed by atoms with Crippen molar-refractivity contribution in [3.05, 3.63) is 35.1 Å². The molecule has 1 amide bonds. The van der Waals surface area contributed by atoms with Gasteiger partial charge in [-0.1, -0.05) is 0 Å². The van der Waals surface area contributed by atoms with Crippen LogP contribution in [-0.4, -0.2) is 33.4 Å². The second kappa shape index (κ2) is 6.34. The number of nitrogens with zero attached hydrogens (tertiary/aromatic N) is 1. The molecule has 0 heterocycles. The fourth-order valence-electron chi connectivity index (χ4n) is 2.59. The number of benzene rings is 1. The summed E-state index contributed by atoms with van der Waals surface area (Å²) in [4.78, 5) is 12.3. The van der Waals surface area contributed by atoms with Gasteiger partial charge in [0.25, 0.3) is 0 Å². The van der Waals surface area contributed by atoms with Crippen molar-refractivity contribution in [3.63, 3.8) is 0 Å². The third-order valence-electron chi connectivity index (χ3n) is 3.78. The molecule has 1 aliphatic rings. The fraction of sp³-hybridized carbons (Fsp3) is 0.500. The van der Waals surface area contributed by atoms with Crippen molar-refractivity contribution in [3.8, 4) is 0 Å². The molecule has 2 rings (SSSR count). The Labute approximate surface area is 119 Å². The molecule has 0 aliphatic heterocycles. The molecule has 0 saturated heterocycles. The van der Waals surface area contributed by atoms with Gasteiger partial charge >= 0.3 is 6.09 Å². The molecule has 0 aromatic heterocycles. The largest absolute Gasteiger partial charge is 0.465 e. The summed E-state index contributed by atoms with van der Waals surface area (Å²) in [6.45, 7) is -0.348. The number of aliphatic hydroxyl groups excluding tert-OH is 1. The first kappa shape index (κ1) is 15.6. The Balaban J connectivity index is 2.17. The number of carboxylic acid groups (broad SMARTS) is 1. The van der Waals surface area contributed by atoms with E-state index in [1.807, 2.05) is 0 Å². The van der Waals surface area contributed by atoms with E-state index < -0.39 is 29.6 Å². The van der Waals surface area contributed by atoms with E-state index in [9.17, 15) is 28.2 Å². The van der Waals surface area contributed by atoms with Gasteiger partial charge in [-0.3, -0.25) is 0 Å². The van der Waals surface area contributed by atoms with Gasteiger partial charge in [0.05, 0.1) is 12.6 Å². The van der Waals surface area contributed by atoms with Crippen LogP contribution < -0.4 is 0 Å². The highest BCUT2D eigenvalue weighted by molar-refractivity contribution is 5.65. The summed E-state index contributed by atoms with van der Waals surface area (Å²) >= 11 is 0. The minimum absolute atomic E-state index is 0.206. The molecule has 4 nitrogen and oxygen atoms in total. The Morgan fingerprint density at radius 3 is 2.24 bits per heavy atom. The monoisotopic (exact) mass is 303 g/mol. The maximum absolute atomic E-state index is 13.6. The number of carbonyl (C=O) groups is 1. The van der Waals surface area contributed by atoms with Gasteiger partial charge in [0.15, 0.2) is 11.6 Å². The smallest absolute Gasteiger partial charge is 0.407 e. The van der Waals surface area contributed by atoms with E-state index in [2.05, 4.69) is 0 Å². The molecule has 0 atom stereocenters. The molecule has 0 spiro atoms.